The Morgan fingerprint density at radius 2 is 2.00 bits per heavy atom. The largest absolute Gasteiger partial charge is 0.416 e. The summed E-state index contributed by atoms with van der Waals surface area (Å²) in [7, 11) is 1.29. The molecule has 24 heavy (non-hydrogen) atoms. The highest BCUT2D eigenvalue weighted by Crippen LogP contribution is 2.39. The maximum atomic E-state index is 14.2. The van der Waals surface area contributed by atoms with E-state index in [-0.39, 0.29) is 27.1 Å². The van der Waals surface area contributed by atoms with Crippen molar-refractivity contribution >= 4 is 29.2 Å². The maximum Gasteiger partial charge on any atom is 0.388 e. The summed E-state index contributed by atoms with van der Waals surface area (Å²) < 4.78 is 44.1. The van der Waals surface area contributed by atoms with Crippen molar-refractivity contribution in [2.75, 3.05) is 0 Å². The maximum absolute atomic E-state index is 14.2. The van der Waals surface area contributed by atoms with Crippen LogP contribution >= 0.6 is 23.2 Å². The smallest absolute Gasteiger partial charge is 0.388 e. The van der Waals surface area contributed by atoms with Gasteiger partial charge in [0.2, 0.25) is 5.88 Å². The molecule has 2 rings (SSSR count). The van der Waals surface area contributed by atoms with Crippen LogP contribution in [0.4, 0.5) is 13.2 Å². The molecule has 6 nitrogen and oxygen atoms in total. The molecule has 0 bridgehead atoms. The summed E-state index contributed by atoms with van der Waals surface area (Å²) in [5.41, 5.74) is -0.400. The average Bonchev–Trinajstić information content (AvgIpc) is 2.74. The number of carbonyl (C=O) groups is 1. The topological polar surface area (TPSA) is 62.6 Å². The van der Waals surface area contributed by atoms with Crippen molar-refractivity contribution in [3.05, 3.63) is 28.0 Å². The van der Waals surface area contributed by atoms with E-state index in [0.29, 0.717) is 0 Å². The summed E-state index contributed by atoms with van der Waals surface area (Å²) in [6, 6.07) is 1.93. The van der Waals surface area contributed by atoms with E-state index in [1.165, 1.54) is 7.05 Å². The predicted molar refractivity (Wildman–Crippen MR) is 77.6 cm³/mol. The number of hydrogen-bond acceptors (Lipinski definition) is 5. The lowest BCUT2D eigenvalue weighted by Crippen LogP contribution is -2.06. The highest BCUT2D eigenvalue weighted by molar-refractivity contribution is 6.34. The van der Waals surface area contributed by atoms with Gasteiger partial charge in [0, 0.05) is 19.5 Å². The second-order valence-corrected chi connectivity index (χ2v) is 5.18. The lowest BCUT2D eigenvalue weighted by Gasteiger charge is -2.07. The number of nitrogens with zero attached hydrogens (tertiary/aromatic N) is 2. The monoisotopic (exact) mass is 384 g/mol. The first-order chi connectivity index (χ1) is 11.2. The van der Waals surface area contributed by atoms with Gasteiger partial charge in [-0.2, -0.15) is 13.9 Å². The molecule has 0 radical (unpaired) electrons. The number of carbonyl (C=O) groups excluding carboxylic acids is 1. The molecule has 0 saturated carbocycles. The Morgan fingerprint density at radius 3 is 2.58 bits per heavy atom. The van der Waals surface area contributed by atoms with Crippen LogP contribution < -0.4 is 9.62 Å². The molecular formula is C13H9Cl2F3N2O4. The van der Waals surface area contributed by atoms with Gasteiger partial charge in [0.25, 0.3) is 0 Å². The van der Waals surface area contributed by atoms with Crippen molar-refractivity contribution in [3.8, 4) is 22.9 Å². The van der Waals surface area contributed by atoms with Crippen LogP contribution in [-0.4, -0.2) is 22.4 Å². The molecule has 2 aromatic rings. The van der Waals surface area contributed by atoms with Gasteiger partial charge in [-0.25, -0.2) is 13.9 Å². The summed E-state index contributed by atoms with van der Waals surface area (Å²) in [6.45, 7) is -2.05. The minimum atomic E-state index is -3.14. The van der Waals surface area contributed by atoms with Gasteiger partial charge in [0.15, 0.2) is 5.75 Å². The van der Waals surface area contributed by atoms with Crippen molar-refractivity contribution in [2.45, 2.75) is 13.5 Å². The molecule has 130 valence electrons. The van der Waals surface area contributed by atoms with Crippen LogP contribution in [0.25, 0.3) is 11.3 Å². The minimum Gasteiger partial charge on any atom is -0.416 e. The van der Waals surface area contributed by atoms with E-state index < -0.39 is 24.3 Å². The molecule has 0 atom stereocenters. The van der Waals surface area contributed by atoms with E-state index in [9.17, 15) is 18.0 Å². The normalized spacial score (nSPS) is 10.8. The third-order valence-corrected chi connectivity index (χ3v) is 3.30. The number of ether oxygens (including phenoxy) is 1. The molecule has 1 heterocycles. The number of benzene rings is 1. The molecule has 0 spiro atoms. The molecule has 11 heteroatoms. The number of aryl methyl sites for hydroxylation is 1. The molecule has 0 amide bonds. The first kappa shape index (κ1) is 18.2. The zero-order valence-electron chi connectivity index (χ0n) is 12.1. The number of rotatable bonds is 5. The highest BCUT2D eigenvalue weighted by Gasteiger charge is 2.24. The lowest BCUT2D eigenvalue weighted by atomic mass is 10.1. The fourth-order valence-corrected chi connectivity index (χ4v) is 2.23. The van der Waals surface area contributed by atoms with Crippen molar-refractivity contribution in [2.24, 2.45) is 7.05 Å². The molecule has 0 N–H and O–H groups in total. The fourth-order valence-electron chi connectivity index (χ4n) is 1.75. The van der Waals surface area contributed by atoms with E-state index >= 15 is 0 Å². The molecule has 0 aliphatic rings. The van der Waals surface area contributed by atoms with Gasteiger partial charge in [-0.05, 0) is 12.1 Å². The first-order valence-corrected chi connectivity index (χ1v) is 6.98. The standard InChI is InChI=1S/C13H9Cl2F3N2O4/c1-5(21)23-24-9-3-6(8(16)4-7(9)14)11-10(15)12(20(2)19-11)22-13(17)18/h3-4,13H,1-2H3. The van der Waals surface area contributed by atoms with E-state index in [2.05, 4.69) is 19.6 Å². The summed E-state index contributed by atoms with van der Waals surface area (Å²) in [5, 5.41) is 3.32. The van der Waals surface area contributed by atoms with Crippen LogP contribution in [0.2, 0.25) is 10.0 Å². The summed E-state index contributed by atoms with van der Waals surface area (Å²) in [4.78, 5) is 19.8. The average molecular weight is 385 g/mol. The Bertz CT molecular complexity index is 783. The van der Waals surface area contributed by atoms with Gasteiger partial charge in [-0.1, -0.05) is 23.2 Å². The summed E-state index contributed by atoms with van der Waals surface area (Å²) in [5.74, 6) is -2.25. The Morgan fingerprint density at radius 1 is 1.33 bits per heavy atom. The van der Waals surface area contributed by atoms with Crippen LogP contribution in [0.3, 0.4) is 0 Å². The summed E-state index contributed by atoms with van der Waals surface area (Å²) >= 11 is 11.7. The molecule has 1 aromatic carbocycles. The molecule has 1 aromatic heterocycles. The van der Waals surface area contributed by atoms with Crippen LogP contribution in [0, 0.1) is 5.82 Å². The van der Waals surface area contributed by atoms with Gasteiger partial charge in [-0.3, -0.25) is 9.78 Å². The Kier molecular flexibility index (Phi) is 5.45. The number of halogens is 5. The van der Waals surface area contributed by atoms with Crippen molar-refractivity contribution in [1.29, 1.82) is 0 Å². The predicted octanol–water partition coefficient (Wildman–Crippen LogP) is 3.99. The molecule has 0 aliphatic carbocycles. The second-order valence-electron chi connectivity index (χ2n) is 4.39. The van der Waals surface area contributed by atoms with Gasteiger partial charge in [0.05, 0.1) is 5.02 Å². The molecule has 0 fully saturated rings. The van der Waals surface area contributed by atoms with E-state index in [1.54, 1.807) is 0 Å². The van der Waals surface area contributed by atoms with Crippen molar-refractivity contribution in [1.82, 2.24) is 9.78 Å². The molecule has 0 aliphatic heterocycles. The van der Waals surface area contributed by atoms with Gasteiger partial charge in [-0.15, -0.1) is 0 Å². The quantitative estimate of drug-likeness (QED) is 0.576. The van der Waals surface area contributed by atoms with Gasteiger partial charge < -0.3 is 4.74 Å². The third kappa shape index (κ3) is 3.85. The summed E-state index contributed by atoms with van der Waals surface area (Å²) in [6.07, 6.45) is 0. The second kappa shape index (κ2) is 7.18. The SMILES string of the molecule is CC(=O)OOc1cc(-c2nn(C)c(OC(F)F)c2Cl)c(F)cc1Cl. The van der Waals surface area contributed by atoms with Gasteiger partial charge in [0.1, 0.15) is 16.5 Å². The molecular weight excluding hydrogens is 376 g/mol. The molecule has 0 unspecified atom stereocenters. The van der Waals surface area contributed by atoms with E-state index in [4.69, 9.17) is 23.2 Å². The Labute approximate surface area is 143 Å². The van der Waals surface area contributed by atoms with E-state index in [0.717, 1.165) is 23.7 Å². The van der Waals surface area contributed by atoms with Crippen LogP contribution in [0.5, 0.6) is 11.6 Å². The van der Waals surface area contributed by atoms with Crippen molar-refractivity contribution < 1.29 is 32.5 Å². The lowest BCUT2D eigenvalue weighted by molar-refractivity contribution is -0.210. The minimum absolute atomic E-state index is 0.184. The van der Waals surface area contributed by atoms with Crippen LogP contribution in [0.15, 0.2) is 12.1 Å². The zero-order valence-corrected chi connectivity index (χ0v) is 13.7. The van der Waals surface area contributed by atoms with Crippen molar-refractivity contribution in [3.63, 3.8) is 0 Å². The fraction of sp³-hybridized carbons (Fsp3) is 0.231. The highest BCUT2D eigenvalue weighted by atomic mass is 35.5. The molecule has 0 saturated heterocycles. The Balaban J connectivity index is 2.48. The third-order valence-electron chi connectivity index (χ3n) is 2.67. The zero-order chi connectivity index (χ0) is 18.0. The van der Waals surface area contributed by atoms with E-state index in [1.807, 2.05) is 0 Å². The number of aromatic nitrogens is 2. The number of hydrogen-bond donors (Lipinski definition) is 0. The van der Waals surface area contributed by atoms with Crippen LogP contribution in [0.1, 0.15) is 6.92 Å². The Hall–Kier alpha value is -2.13. The van der Waals surface area contributed by atoms with Gasteiger partial charge >= 0.3 is 12.6 Å². The van der Waals surface area contributed by atoms with Crippen LogP contribution in [-0.2, 0) is 16.7 Å². The first-order valence-electron chi connectivity index (χ1n) is 6.22. The number of alkyl halides is 2.